The van der Waals surface area contributed by atoms with Gasteiger partial charge in [-0.1, -0.05) is 37.7 Å². The first kappa shape index (κ1) is 25.5. The minimum absolute atomic E-state index is 0.193. The predicted octanol–water partition coefficient (Wildman–Crippen LogP) is 7.35. The molecule has 0 radical (unpaired) electrons. The summed E-state index contributed by atoms with van der Waals surface area (Å²) in [6, 6.07) is 10.6. The number of rotatable bonds is 10. The Labute approximate surface area is 204 Å². The van der Waals surface area contributed by atoms with Gasteiger partial charge in [0.05, 0.1) is 5.71 Å². The molecule has 34 heavy (non-hydrogen) atoms. The van der Waals surface area contributed by atoms with Crippen molar-refractivity contribution in [2.45, 2.75) is 52.0 Å². The molecule has 8 heteroatoms. The van der Waals surface area contributed by atoms with Crippen molar-refractivity contribution in [1.29, 1.82) is 0 Å². The highest BCUT2D eigenvalue weighted by molar-refractivity contribution is 7.98. The second-order valence-electron chi connectivity index (χ2n) is 8.19. The van der Waals surface area contributed by atoms with Crippen molar-refractivity contribution in [2.75, 3.05) is 6.26 Å². The van der Waals surface area contributed by atoms with Crippen molar-refractivity contribution in [3.8, 4) is 17.1 Å². The van der Waals surface area contributed by atoms with Gasteiger partial charge >= 0.3 is 0 Å². The van der Waals surface area contributed by atoms with Gasteiger partial charge in [-0.05, 0) is 68.5 Å². The van der Waals surface area contributed by atoms with E-state index in [1.165, 1.54) is 17.8 Å². The third-order valence-corrected chi connectivity index (χ3v) is 6.08. The molecule has 0 amide bonds. The summed E-state index contributed by atoms with van der Waals surface area (Å²) in [4.78, 5) is 10.4. The zero-order chi connectivity index (χ0) is 24.8. The summed E-state index contributed by atoms with van der Waals surface area (Å²) in [5.74, 6) is 1.83. The molecule has 0 saturated heterocycles. The van der Waals surface area contributed by atoms with E-state index in [2.05, 4.69) is 21.9 Å². The van der Waals surface area contributed by atoms with Gasteiger partial charge in [-0.2, -0.15) is 4.98 Å². The molecule has 0 aliphatic heterocycles. The van der Waals surface area contributed by atoms with E-state index in [4.69, 9.17) is 14.1 Å². The normalized spacial score (nSPS) is 12.6. The van der Waals surface area contributed by atoms with Crippen LogP contribution in [-0.4, -0.2) is 22.1 Å². The maximum atomic E-state index is 14.2. The van der Waals surface area contributed by atoms with Crippen molar-refractivity contribution in [3.05, 3.63) is 71.6 Å². The van der Waals surface area contributed by atoms with Crippen molar-refractivity contribution < 1.29 is 18.5 Å². The summed E-state index contributed by atoms with van der Waals surface area (Å²) in [5, 5.41) is 8.21. The van der Waals surface area contributed by atoms with Gasteiger partial charge in [0.15, 0.2) is 6.10 Å². The van der Waals surface area contributed by atoms with Crippen LogP contribution < -0.4 is 4.74 Å². The molecule has 0 bridgehead atoms. The van der Waals surface area contributed by atoms with Crippen molar-refractivity contribution in [1.82, 2.24) is 10.1 Å². The maximum absolute atomic E-state index is 14.2. The summed E-state index contributed by atoms with van der Waals surface area (Å²) in [7, 11) is 0. The standard InChI is InChI=1S/C26H30FN3O3S/c1-8-23(26-28-25(30-33-26)19-9-12-24(34-7)22(27)14-19)31-20-10-11-21(16(4)13-20)17(5)29-32-18(6)15(2)3/h9-15,23H,6,8H2,1-5,7H3/b29-17+. The zero-order valence-electron chi connectivity index (χ0n) is 20.4. The number of aromatic nitrogens is 2. The fourth-order valence-electron chi connectivity index (χ4n) is 3.16. The number of oxime groups is 1. The quantitative estimate of drug-likeness (QED) is 0.130. The lowest BCUT2D eigenvalue weighted by Gasteiger charge is -2.15. The van der Waals surface area contributed by atoms with Crippen molar-refractivity contribution in [3.63, 3.8) is 0 Å². The molecule has 6 nitrogen and oxygen atoms in total. The van der Waals surface area contributed by atoms with Crippen LogP contribution in [0.1, 0.15) is 57.2 Å². The number of allylic oxidation sites excluding steroid dienone is 1. The first-order chi connectivity index (χ1) is 16.2. The highest BCUT2D eigenvalue weighted by Gasteiger charge is 2.21. The molecule has 2 aromatic carbocycles. The van der Waals surface area contributed by atoms with Gasteiger partial charge < -0.3 is 14.1 Å². The van der Waals surface area contributed by atoms with Crippen LogP contribution in [0.5, 0.6) is 5.75 Å². The van der Waals surface area contributed by atoms with Crippen LogP contribution in [0, 0.1) is 18.7 Å². The smallest absolute Gasteiger partial charge is 0.268 e. The van der Waals surface area contributed by atoms with Crippen LogP contribution in [0.3, 0.4) is 0 Å². The van der Waals surface area contributed by atoms with Crippen LogP contribution in [0.15, 0.2) is 63.3 Å². The zero-order valence-corrected chi connectivity index (χ0v) is 21.2. The molecular weight excluding hydrogens is 453 g/mol. The highest BCUT2D eigenvalue weighted by atomic mass is 32.2. The number of nitrogens with zero attached hydrogens (tertiary/aromatic N) is 3. The van der Waals surface area contributed by atoms with Crippen LogP contribution >= 0.6 is 11.8 Å². The monoisotopic (exact) mass is 483 g/mol. The average molecular weight is 484 g/mol. The second kappa shape index (κ2) is 11.3. The molecular formula is C26H30FN3O3S. The lowest BCUT2D eigenvalue weighted by Crippen LogP contribution is -2.08. The number of aryl methyl sites for hydroxylation is 1. The predicted molar refractivity (Wildman–Crippen MR) is 134 cm³/mol. The fourth-order valence-corrected chi connectivity index (χ4v) is 3.62. The molecule has 1 heterocycles. The van der Waals surface area contributed by atoms with Gasteiger partial charge in [-0.25, -0.2) is 4.39 Å². The topological polar surface area (TPSA) is 69.7 Å². The number of ether oxygens (including phenoxy) is 1. The summed E-state index contributed by atoms with van der Waals surface area (Å²) in [6.45, 7) is 13.7. The van der Waals surface area contributed by atoms with Crippen LogP contribution in [0.4, 0.5) is 4.39 Å². The third-order valence-electron chi connectivity index (χ3n) is 5.31. The number of hydrogen-bond acceptors (Lipinski definition) is 7. The Kier molecular flexibility index (Phi) is 8.50. The summed E-state index contributed by atoms with van der Waals surface area (Å²) in [6.07, 6.45) is 2.01. The van der Waals surface area contributed by atoms with E-state index in [-0.39, 0.29) is 11.7 Å². The van der Waals surface area contributed by atoms with E-state index in [0.717, 1.165) is 16.8 Å². The number of thioether (sulfide) groups is 1. The van der Waals surface area contributed by atoms with Crippen LogP contribution in [0.2, 0.25) is 0 Å². The Bertz CT molecular complexity index is 1190. The molecule has 0 spiro atoms. The second-order valence-corrected chi connectivity index (χ2v) is 9.03. The minimum atomic E-state index is -0.436. The van der Waals surface area contributed by atoms with Crippen molar-refractivity contribution in [2.24, 2.45) is 11.1 Å². The number of hydrogen-bond donors (Lipinski definition) is 0. The van der Waals surface area contributed by atoms with E-state index in [0.29, 0.717) is 40.1 Å². The van der Waals surface area contributed by atoms with Gasteiger partial charge in [0.25, 0.3) is 5.89 Å². The highest BCUT2D eigenvalue weighted by Crippen LogP contribution is 2.29. The van der Waals surface area contributed by atoms with E-state index >= 15 is 0 Å². The summed E-state index contributed by atoms with van der Waals surface area (Å²) < 4.78 is 25.7. The van der Waals surface area contributed by atoms with Crippen LogP contribution in [-0.2, 0) is 4.84 Å². The minimum Gasteiger partial charge on any atom is -0.481 e. The molecule has 1 atom stereocenters. The first-order valence-corrected chi connectivity index (χ1v) is 12.3. The van der Waals surface area contributed by atoms with E-state index < -0.39 is 6.10 Å². The Morgan fingerprint density at radius 1 is 1.24 bits per heavy atom. The van der Waals surface area contributed by atoms with Gasteiger partial charge in [-0.15, -0.1) is 11.8 Å². The molecule has 0 N–H and O–H groups in total. The lowest BCUT2D eigenvalue weighted by molar-refractivity contribution is 0.154. The number of halogens is 1. The molecule has 0 saturated carbocycles. The van der Waals surface area contributed by atoms with E-state index in [9.17, 15) is 4.39 Å². The molecule has 0 aliphatic rings. The SMILES string of the molecule is C=C(O/N=C(\C)c1ccc(OC(CC)c2nc(-c3ccc(SC)c(F)c3)no2)cc1C)C(C)C. The van der Waals surface area contributed by atoms with Crippen molar-refractivity contribution >= 4 is 17.5 Å². The van der Waals surface area contributed by atoms with Gasteiger partial charge in [0.2, 0.25) is 5.82 Å². The van der Waals surface area contributed by atoms with E-state index in [1.54, 1.807) is 12.1 Å². The largest absolute Gasteiger partial charge is 0.481 e. The van der Waals surface area contributed by atoms with Crippen LogP contribution in [0.25, 0.3) is 11.4 Å². The molecule has 1 unspecified atom stereocenters. The summed E-state index contributed by atoms with van der Waals surface area (Å²) in [5.41, 5.74) is 3.24. The molecule has 1 aromatic heterocycles. The molecule has 3 rings (SSSR count). The Morgan fingerprint density at radius 3 is 2.62 bits per heavy atom. The molecule has 0 fully saturated rings. The lowest BCUT2D eigenvalue weighted by atomic mass is 10.0. The van der Waals surface area contributed by atoms with E-state index in [1.807, 2.05) is 59.1 Å². The van der Waals surface area contributed by atoms with Gasteiger partial charge in [-0.3, -0.25) is 0 Å². The average Bonchev–Trinajstić information content (AvgIpc) is 3.30. The Balaban J connectivity index is 1.75. The third kappa shape index (κ3) is 6.05. The first-order valence-electron chi connectivity index (χ1n) is 11.1. The Morgan fingerprint density at radius 2 is 2.00 bits per heavy atom. The maximum Gasteiger partial charge on any atom is 0.268 e. The summed E-state index contributed by atoms with van der Waals surface area (Å²) >= 11 is 1.35. The van der Waals surface area contributed by atoms with Gasteiger partial charge in [0, 0.05) is 21.9 Å². The van der Waals surface area contributed by atoms with Gasteiger partial charge in [0.1, 0.15) is 17.3 Å². The number of benzene rings is 2. The molecule has 180 valence electrons. The fraction of sp³-hybridized carbons (Fsp3) is 0.346. The molecule has 0 aliphatic carbocycles. The molecule has 3 aromatic rings. The Hall–Kier alpha value is -3.13.